The molecule has 1 atom stereocenters. The Morgan fingerprint density at radius 2 is 2.00 bits per heavy atom. The molecule has 0 amide bonds. The van der Waals surface area contributed by atoms with Gasteiger partial charge in [0, 0.05) is 6.61 Å². The molecular formula is C8H19LiO. The number of unbranched alkanes of at least 4 members (excludes halogenated alkanes) is 1. The first kappa shape index (κ1) is 13.2. The number of aliphatic hydroxyl groups is 1. The number of hydrogen-bond acceptors (Lipinski definition) is 1. The molecule has 1 N–H and O–H groups in total. The molecule has 1 nitrogen and oxygen atoms in total. The molecule has 0 fully saturated rings. The topological polar surface area (TPSA) is 20.2 Å². The van der Waals surface area contributed by atoms with Crippen LogP contribution in [0.1, 0.15) is 41.0 Å². The van der Waals surface area contributed by atoms with Gasteiger partial charge in [-0.3, -0.25) is 0 Å². The molecule has 0 spiro atoms. The summed E-state index contributed by atoms with van der Waals surface area (Å²) in [5, 5.41) is 8.75. The summed E-state index contributed by atoms with van der Waals surface area (Å²) in [4.78, 5) is 0. The third-order valence-electron chi connectivity index (χ3n) is 1.80. The molecule has 0 heterocycles. The molecule has 0 aliphatic carbocycles. The molecule has 0 saturated carbocycles. The van der Waals surface area contributed by atoms with Crippen molar-refractivity contribution in [2.45, 2.75) is 39.5 Å². The molecule has 0 radical (unpaired) electrons. The third-order valence-corrected chi connectivity index (χ3v) is 1.80. The molecule has 1 unspecified atom stereocenters. The van der Waals surface area contributed by atoms with Crippen LogP contribution in [0.5, 0.6) is 0 Å². The minimum Gasteiger partial charge on any atom is -1.00 e. The van der Waals surface area contributed by atoms with Crippen LogP contribution in [-0.4, -0.2) is 11.7 Å². The number of aliphatic hydroxyl groups excluding tert-OH is 1. The van der Waals surface area contributed by atoms with Crippen LogP contribution in [0.15, 0.2) is 0 Å². The van der Waals surface area contributed by atoms with Gasteiger partial charge < -0.3 is 6.53 Å². The Morgan fingerprint density at radius 1 is 1.40 bits per heavy atom. The van der Waals surface area contributed by atoms with Gasteiger partial charge in [0.2, 0.25) is 0 Å². The fraction of sp³-hybridized carbons (Fsp3) is 1.00. The minimum absolute atomic E-state index is 0. The fourth-order valence-electron chi connectivity index (χ4n) is 0.917. The van der Waals surface area contributed by atoms with E-state index in [-0.39, 0.29) is 20.3 Å². The monoisotopic (exact) mass is 138 g/mol. The summed E-state index contributed by atoms with van der Waals surface area (Å²) in [6.45, 7) is 4.69. The molecule has 0 aliphatic heterocycles. The summed E-state index contributed by atoms with van der Waals surface area (Å²) >= 11 is 0. The van der Waals surface area contributed by atoms with Gasteiger partial charge in [-0.25, -0.2) is 0 Å². The van der Waals surface area contributed by atoms with E-state index in [2.05, 4.69) is 13.8 Å². The maximum Gasteiger partial charge on any atom is 1.00 e. The van der Waals surface area contributed by atoms with E-state index in [1.165, 1.54) is 19.3 Å². The van der Waals surface area contributed by atoms with Gasteiger partial charge in [-0.1, -0.05) is 33.1 Å². The summed E-state index contributed by atoms with van der Waals surface area (Å²) in [6, 6.07) is 0. The summed E-state index contributed by atoms with van der Waals surface area (Å²) in [7, 11) is 0. The average Bonchev–Trinajstić information content (AvgIpc) is 1.91. The Bertz CT molecular complexity index is 58.1. The quantitative estimate of drug-likeness (QED) is 0.499. The largest absolute Gasteiger partial charge is 1.00 e. The van der Waals surface area contributed by atoms with Gasteiger partial charge in [-0.05, 0) is 12.3 Å². The molecule has 0 saturated heterocycles. The van der Waals surface area contributed by atoms with Gasteiger partial charge in [0.05, 0.1) is 0 Å². The summed E-state index contributed by atoms with van der Waals surface area (Å²) in [6.07, 6.45) is 4.83. The Kier molecular flexibility index (Phi) is 12.6. The second-order valence-corrected chi connectivity index (χ2v) is 2.60. The molecule has 58 valence electrons. The van der Waals surface area contributed by atoms with Crippen LogP contribution in [-0.2, 0) is 0 Å². The van der Waals surface area contributed by atoms with Crippen molar-refractivity contribution in [1.29, 1.82) is 0 Å². The van der Waals surface area contributed by atoms with Gasteiger partial charge in [0.25, 0.3) is 0 Å². The molecule has 0 aromatic rings. The van der Waals surface area contributed by atoms with E-state index in [9.17, 15) is 0 Å². The van der Waals surface area contributed by atoms with Gasteiger partial charge >= 0.3 is 18.9 Å². The zero-order chi connectivity index (χ0) is 7.11. The zero-order valence-corrected chi connectivity index (χ0v) is 7.56. The normalized spacial score (nSPS) is 12.3. The van der Waals surface area contributed by atoms with E-state index >= 15 is 0 Å². The predicted molar refractivity (Wildman–Crippen MR) is 41.5 cm³/mol. The number of rotatable bonds is 5. The molecule has 0 aliphatic rings. The van der Waals surface area contributed by atoms with Gasteiger partial charge in [-0.15, -0.1) is 0 Å². The van der Waals surface area contributed by atoms with Crippen LogP contribution in [0.4, 0.5) is 0 Å². The van der Waals surface area contributed by atoms with E-state index in [1.807, 2.05) is 0 Å². The summed E-state index contributed by atoms with van der Waals surface area (Å²) < 4.78 is 0. The van der Waals surface area contributed by atoms with Crippen molar-refractivity contribution in [3.05, 3.63) is 0 Å². The van der Waals surface area contributed by atoms with E-state index in [4.69, 9.17) is 5.11 Å². The molecule has 2 heteroatoms. The standard InChI is InChI=1S/C8H18O.Li.H/c1-3-5-6-8(4-2)7-9;;/h8-9H,3-7H2,1-2H3;;/q;+1;-1. The summed E-state index contributed by atoms with van der Waals surface area (Å²) in [5.41, 5.74) is 0. The first-order valence-electron chi connectivity index (χ1n) is 3.96. The van der Waals surface area contributed by atoms with Crippen LogP contribution < -0.4 is 18.9 Å². The van der Waals surface area contributed by atoms with Crippen LogP contribution >= 0.6 is 0 Å². The van der Waals surface area contributed by atoms with Crippen molar-refractivity contribution in [3.8, 4) is 0 Å². The van der Waals surface area contributed by atoms with E-state index in [0.717, 1.165) is 6.42 Å². The Morgan fingerprint density at radius 3 is 2.30 bits per heavy atom. The molecule has 0 aromatic carbocycles. The van der Waals surface area contributed by atoms with Gasteiger partial charge in [0.15, 0.2) is 0 Å². The molecular weight excluding hydrogens is 119 g/mol. The second kappa shape index (κ2) is 9.56. The maximum absolute atomic E-state index is 8.75. The van der Waals surface area contributed by atoms with Crippen molar-refractivity contribution >= 4 is 0 Å². The first-order chi connectivity index (χ1) is 4.35. The molecule has 0 bridgehead atoms. The maximum atomic E-state index is 8.75. The van der Waals surface area contributed by atoms with Gasteiger partial charge in [-0.2, -0.15) is 0 Å². The molecule has 10 heavy (non-hydrogen) atoms. The molecule has 0 rings (SSSR count). The Labute approximate surface area is 77.9 Å². The van der Waals surface area contributed by atoms with Crippen molar-refractivity contribution in [2.75, 3.05) is 6.61 Å². The summed E-state index contributed by atoms with van der Waals surface area (Å²) in [5.74, 6) is 0.560. The Hall–Kier alpha value is 0.557. The van der Waals surface area contributed by atoms with Crippen LogP contribution in [0, 0.1) is 5.92 Å². The second-order valence-electron chi connectivity index (χ2n) is 2.60. The minimum atomic E-state index is 0. The van der Waals surface area contributed by atoms with E-state index < -0.39 is 0 Å². The van der Waals surface area contributed by atoms with Crippen molar-refractivity contribution in [1.82, 2.24) is 0 Å². The van der Waals surface area contributed by atoms with E-state index in [1.54, 1.807) is 0 Å². The van der Waals surface area contributed by atoms with Gasteiger partial charge in [0.1, 0.15) is 0 Å². The van der Waals surface area contributed by atoms with Crippen molar-refractivity contribution in [2.24, 2.45) is 5.92 Å². The first-order valence-corrected chi connectivity index (χ1v) is 3.96. The van der Waals surface area contributed by atoms with Crippen LogP contribution in [0.25, 0.3) is 0 Å². The van der Waals surface area contributed by atoms with Crippen LogP contribution in [0.3, 0.4) is 0 Å². The zero-order valence-electron chi connectivity index (χ0n) is 8.56. The Balaban J connectivity index is -0.000000320. The fourth-order valence-corrected chi connectivity index (χ4v) is 0.917. The predicted octanol–water partition coefficient (Wildman–Crippen LogP) is -0.688. The van der Waals surface area contributed by atoms with Crippen LogP contribution in [0.2, 0.25) is 0 Å². The SMILES string of the molecule is CCCCC(CC)CO.[H-].[Li+]. The van der Waals surface area contributed by atoms with E-state index in [0.29, 0.717) is 12.5 Å². The average molecular weight is 138 g/mol. The van der Waals surface area contributed by atoms with Crippen molar-refractivity contribution in [3.63, 3.8) is 0 Å². The third kappa shape index (κ3) is 6.67. The van der Waals surface area contributed by atoms with Crippen molar-refractivity contribution < 1.29 is 25.4 Å². The number of hydrogen-bond donors (Lipinski definition) is 1. The smallest absolute Gasteiger partial charge is 1.00 e. The molecule has 0 aromatic heterocycles.